The topological polar surface area (TPSA) is 103 Å². The highest BCUT2D eigenvalue weighted by molar-refractivity contribution is 5.93. The fourth-order valence-corrected chi connectivity index (χ4v) is 3.92. The second-order valence-corrected chi connectivity index (χ2v) is 7.28. The van der Waals surface area contributed by atoms with E-state index in [0.717, 1.165) is 44.9 Å². The Morgan fingerprint density at radius 2 is 2.00 bits per heavy atom. The highest BCUT2D eigenvalue weighted by atomic mass is 19.3. The van der Waals surface area contributed by atoms with Crippen LogP contribution in [0, 0.1) is 0 Å². The summed E-state index contributed by atoms with van der Waals surface area (Å²) < 4.78 is 42.1. The maximum atomic E-state index is 13.1. The summed E-state index contributed by atoms with van der Waals surface area (Å²) in [5, 5.41) is 6.97. The Hall–Kier alpha value is -2.36. The second kappa shape index (κ2) is 7.94. The minimum absolute atomic E-state index is 0.237. The molecule has 0 aromatic carbocycles. The molecule has 2 fully saturated rings. The number of amides is 1. The number of hydrogen-bond acceptors (Lipinski definition) is 7. The van der Waals surface area contributed by atoms with Crippen molar-refractivity contribution in [1.29, 1.82) is 0 Å². The first-order valence-electron chi connectivity index (χ1n) is 9.59. The first-order chi connectivity index (χ1) is 13.6. The normalized spacial score (nSPS) is 22.3. The molecule has 152 valence electrons. The number of carbonyl (C=O) groups is 1. The molecule has 2 aliphatic rings. The highest BCUT2D eigenvalue weighted by Gasteiger charge is 2.41. The smallest absolute Gasteiger partial charge is 0.290 e. The van der Waals surface area contributed by atoms with Gasteiger partial charge >= 0.3 is 0 Å². The zero-order valence-electron chi connectivity index (χ0n) is 15.3. The third-order valence-corrected chi connectivity index (χ3v) is 5.39. The third kappa shape index (κ3) is 3.65. The largest absolute Gasteiger partial charge is 0.438 e. The van der Waals surface area contributed by atoms with Gasteiger partial charge in [0.1, 0.15) is 11.6 Å². The van der Waals surface area contributed by atoms with Crippen LogP contribution < -0.4 is 5.32 Å². The zero-order valence-corrected chi connectivity index (χ0v) is 15.3. The molecule has 0 radical (unpaired) electrons. The van der Waals surface area contributed by atoms with Crippen molar-refractivity contribution < 1.29 is 27.3 Å². The number of nitrogens with one attached hydrogen (secondary N) is 1. The van der Waals surface area contributed by atoms with E-state index in [1.54, 1.807) is 0 Å². The Morgan fingerprint density at radius 3 is 2.68 bits per heavy atom. The molecule has 2 aromatic heterocycles. The monoisotopic (exact) mass is 396 g/mol. The van der Waals surface area contributed by atoms with E-state index in [1.807, 2.05) is 0 Å². The summed E-state index contributed by atoms with van der Waals surface area (Å²) >= 11 is 0. The van der Waals surface area contributed by atoms with Gasteiger partial charge in [0, 0.05) is 6.61 Å². The number of nitrogens with zero attached hydrogens (tertiary/aromatic N) is 3. The molecule has 28 heavy (non-hydrogen) atoms. The van der Waals surface area contributed by atoms with Crippen LogP contribution in [-0.2, 0) is 10.3 Å². The maximum Gasteiger partial charge on any atom is 0.290 e. The van der Waals surface area contributed by atoms with Gasteiger partial charge < -0.3 is 19.0 Å². The van der Waals surface area contributed by atoms with E-state index in [-0.39, 0.29) is 6.10 Å². The van der Waals surface area contributed by atoms with Gasteiger partial charge in [0.05, 0.1) is 0 Å². The molecule has 1 saturated heterocycles. The van der Waals surface area contributed by atoms with Crippen molar-refractivity contribution >= 4 is 5.91 Å². The van der Waals surface area contributed by atoms with Crippen LogP contribution in [0.5, 0.6) is 0 Å². The van der Waals surface area contributed by atoms with E-state index < -0.39 is 29.3 Å². The Morgan fingerprint density at radius 1 is 1.21 bits per heavy atom. The van der Waals surface area contributed by atoms with Gasteiger partial charge in [0.2, 0.25) is 5.76 Å². The molecule has 8 nitrogen and oxygen atoms in total. The van der Waals surface area contributed by atoms with Crippen LogP contribution in [0.25, 0.3) is 0 Å². The molecule has 0 unspecified atom stereocenters. The van der Waals surface area contributed by atoms with E-state index in [1.165, 1.54) is 0 Å². The average Bonchev–Trinajstić information content (AvgIpc) is 3.42. The van der Waals surface area contributed by atoms with Crippen molar-refractivity contribution in [3.8, 4) is 0 Å². The summed E-state index contributed by atoms with van der Waals surface area (Å²) in [6.07, 6.45) is 4.33. The van der Waals surface area contributed by atoms with Gasteiger partial charge in [-0.25, -0.2) is 13.8 Å². The molecule has 0 bridgehead atoms. The van der Waals surface area contributed by atoms with Crippen LogP contribution in [0.2, 0.25) is 0 Å². The molecule has 2 aromatic rings. The third-order valence-electron chi connectivity index (χ3n) is 5.39. The molecule has 0 spiro atoms. The lowest BCUT2D eigenvalue weighted by molar-refractivity contribution is 0.0824. The lowest BCUT2D eigenvalue weighted by Crippen LogP contribution is -2.46. The molecular weight excluding hydrogens is 374 g/mol. The van der Waals surface area contributed by atoms with E-state index in [4.69, 9.17) is 13.7 Å². The quantitative estimate of drug-likeness (QED) is 0.766. The van der Waals surface area contributed by atoms with Gasteiger partial charge in [-0.05, 0) is 25.7 Å². The highest BCUT2D eigenvalue weighted by Crippen LogP contribution is 2.37. The molecule has 1 aliphatic heterocycles. The molecule has 1 aliphatic carbocycles. The molecule has 1 amide bonds. The van der Waals surface area contributed by atoms with Crippen molar-refractivity contribution in [2.75, 3.05) is 6.61 Å². The first kappa shape index (κ1) is 19.0. The molecular formula is C18H22F2N4O4. The Labute approximate surface area is 160 Å². The lowest BCUT2D eigenvalue weighted by atomic mass is 9.89. The van der Waals surface area contributed by atoms with Gasteiger partial charge in [-0.1, -0.05) is 30.8 Å². The van der Waals surface area contributed by atoms with Crippen LogP contribution in [0.3, 0.4) is 0 Å². The number of halogens is 2. The average molecular weight is 396 g/mol. The van der Waals surface area contributed by atoms with Gasteiger partial charge in [0.25, 0.3) is 18.2 Å². The molecule has 4 rings (SSSR count). The van der Waals surface area contributed by atoms with Crippen LogP contribution in [0.4, 0.5) is 8.78 Å². The summed E-state index contributed by atoms with van der Waals surface area (Å²) in [7, 11) is 0. The molecule has 3 heterocycles. The molecule has 1 atom stereocenters. The van der Waals surface area contributed by atoms with Crippen LogP contribution >= 0.6 is 0 Å². The van der Waals surface area contributed by atoms with E-state index in [0.29, 0.717) is 31.2 Å². The number of alkyl halides is 2. The van der Waals surface area contributed by atoms with Crippen molar-refractivity contribution in [1.82, 2.24) is 20.4 Å². The fourth-order valence-electron chi connectivity index (χ4n) is 3.92. The number of ether oxygens (including phenoxy) is 1. The predicted octanol–water partition coefficient (Wildman–Crippen LogP) is 3.83. The summed E-state index contributed by atoms with van der Waals surface area (Å²) in [6.45, 7) is 0.645. The van der Waals surface area contributed by atoms with Gasteiger partial charge in [-0.15, -0.1) is 0 Å². The number of oxazole rings is 1. The Bertz CT molecular complexity index is 808. The van der Waals surface area contributed by atoms with Gasteiger partial charge in [-0.2, -0.15) is 4.98 Å². The van der Waals surface area contributed by atoms with Crippen molar-refractivity contribution in [3.05, 3.63) is 29.6 Å². The van der Waals surface area contributed by atoms with Gasteiger partial charge in [0.15, 0.2) is 17.9 Å². The number of carbonyl (C=O) groups excluding carboxylic acids is 1. The fraction of sp³-hybridized carbons (Fsp3) is 0.667. The van der Waals surface area contributed by atoms with E-state index in [2.05, 4.69) is 20.4 Å². The van der Waals surface area contributed by atoms with Crippen LogP contribution in [-0.4, -0.2) is 27.6 Å². The summed E-state index contributed by atoms with van der Waals surface area (Å²) in [5.74, 6) is -0.496. The summed E-state index contributed by atoms with van der Waals surface area (Å²) in [6, 6.07) is 0. The molecule has 1 saturated carbocycles. The van der Waals surface area contributed by atoms with Crippen molar-refractivity contribution in [2.24, 2.45) is 0 Å². The molecule has 10 heteroatoms. The van der Waals surface area contributed by atoms with Crippen molar-refractivity contribution in [2.45, 2.75) is 69.4 Å². The molecule has 1 N–H and O–H groups in total. The van der Waals surface area contributed by atoms with Crippen LogP contribution in [0.15, 0.2) is 15.3 Å². The Balaban J connectivity index is 1.63. The summed E-state index contributed by atoms with van der Waals surface area (Å²) in [5.41, 5.74) is -1.57. The van der Waals surface area contributed by atoms with Gasteiger partial charge in [-0.3, -0.25) is 4.79 Å². The lowest BCUT2D eigenvalue weighted by Gasteiger charge is -2.30. The second-order valence-electron chi connectivity index (χ2n) is 7.28. The number of rotatable bonds is 5. The minimum atomic E-state index is -2.90. The minimum Gasteiger partial charge on any atom is -0.438 e. The van der Waals surface area contributed by atoms with Crippen LogP contribution in [0.1, 0.15) is 91.9 Å². The maximum absolute atomic E-state index is 13.1. The number of aromatic nitrogens is 3. The first-order valence-corrected chi connectivity index (χ1v) is 9.59. The Kier molecular flexibility index (Phi) is 5.38. The van der Waals surface area contributed by atoms with E-state index >= 15 is 0 Å². The van der Waals surface area contributed by atoms with Crippen molar-refractivity contribution in [3.63, 3.8) is 0 Å². The summed E-state index contributed by atoms with van der Waals surface area (Å²) in [4.78, 5) is 20.7. The number of hydrogen-bond donors (Lipinski definition) is 1. The SMILES string of the molecule is O=C(NC1(c2noc([C@@H]3CCCO3)n2)CCCCCC1)c1ocnc1C(F)F. The zero-order chi connectivity index (χ0) is 19.6. The standard InChI is InChI=1S/C18H22F2N4O4/c19-14(20)12-13(27-10-21-12)15(25)23-18(7-3-1-2-4-8-18)17-22-16(28-24-17)11-6-5-9-26-11/h10-11,14H,1-9H2,(H,23,25)/t11-/m0/s1. The van der Waals surface area contributed by atoms with E-state index in [9.17, 15) is 13.6 Å². The predicted molar refractivity (Wildman–Crippen MR) is 90.5 cm³/mol.